The van der Waals surface area contributed by atoms with Crippen molar-refractivity contribution in [2.75, 3.05) is 45.6 Å². The monoisotopic (exact) mass is 332 g/mol. The molecule has 2 aliphatic rings. The number of rotatable bonds is 3. The number of sulfone groups is 1. The molecule has 0 aromatic carbocycles. The molecule has 2 rings (SSSR count). The Morgan fingerprint density at radius 1 is 1.09 bits per heavy atom. The second-order valence-corrected chi connectivity index (χ2v) is 9.16. The molecule has 0 N–H and O–H groups in total. The number of amides is 1. The molecule has 1 amide bonds. The normalized spacial score (nSPS) is 25.8. The minimum atomic E-state index is -3.02. The summed E-state index contributed by atoms with van der Waals surface area (Å²) in [6, 6.07) is 0. The number of morpholine rings is 1. The Morgan fingerprint density at radius 3 is 2.32 bits per heavy atom. The molecule has 6 nitrogen and oxygen atoms in total. The van der Waals surface area contributed by atoms with E-state index in [4.69, 9.17) is 4.74 Å². The first-order valence-electron chi connectivity index (χ1n) is 8.04. The van der Waals surface area contributed by atoms with Crippen LogP contribution in [-0.4, -0.2) is 80.6 Å². The maximum Gasteiger partial charge on any atom is 0.242 e. The highest BCUT2D eigenvalue weighted by Gasteiger charge is 2.39. The van der Waals surface area contributed by atoms with Gasteiger partial charge in [0, 0.05) is 32.4 Å². The largest absolute Gasteiger partial charge is 0.379 e. The van der Waals surface area contributed by atoms with Gasteiger partial charge in [0.05, 0.1) is 24.0 Å². The van der Waals surface area contributed by atoms with E-state index in [1.807, 2.05) is 18.7 Å². The summed E-state index contributed by atoms with van der Waals surface area (Å²) in [4.78, 5) is 16.9. The van der Waals surface area contributed by atoms with Gasteiger partial charge in [0.25, 0.3) is 0 Å². The Balaban J connectivity index is 2.02. The highest BCUT2D eigenvalue weighted by Crippen LogP contribution is 2.23. The van der Waals surface area contributed by atoms with Gasteiger partial charge in [-0.25, -0.2) is 8.42 Å². The first-order valence-corrected chi connectivity index (χ1v) is 9.99. The maximum atomic E-state index is 12.9. The standard InChI is InChI=1S/C15H28N2O4S/c1-15(2,17-9-11-21-12-10-17)14(18)16-7-4-5-13(6-8-16)22(3,19)20/h13H,4-12H2,1-3H3. The van der Waals surface area contributed by atoms with Crippen LogP contribution in [0.5, 0.6) is 0 Å². The van der Waals surface area contributed by atoms with Gasteiger partial charge in [0.1, 0.15) is 9.84 Å². The molecule has 128 valence electrons. The summed E-state index contributed by atoms with van der Waals surface area (Å²) < 4.78 is 28.8. The Kier molecular flexibility index (Phi) is 5.50. The Bertz CT molecular complexity index is 498. The highest BCUT2D eigenvalue weighted by atomic mass is 32.2. The van der Waals surface area contributed by atoms with Gasteiger partial charge in [-0.2, -0.15) is 0 Å². The molecule has 2 saturated heterocycles. The van der Waals surface area contributed by atoms with Crippen LogP contribution in [0.4, 0.5) is 0 Å². The van der Waals surface area contributed by atoms with Crippen molar-refractivity contribution in [1.82, 2.24) is 9.80 Å². The van der Waals surface area contributed by atoms with Crippen molar-refractivity contribution in [3.63, 3.8) is 0 Å². The van der Waals surface area contributed by atoms with E-state index in [-0.39, 0.29) is 11.2 Å². The van der Waals surface area contributed by atoms with E-state index in [9.17, 15) is 13.2 Å². The summed E-state index contributed by atoms with van der Waals surface area (Å²) in [6.07, 6.45) is 3.25. The molecule has 7 heteroatoms. The van der Waals surface area contributed by atoms with Gasteiger partial charge in [-0.3, -0.25) is 9.69 Å². The van der Waals surface area contributed by atoms with Crippen LogP contribution in [0.15, 0.2) is 0 Å². The fourth-order valence-corrected chi connectivity index (χ4v) is 4.47. The van der Waals surface area contributed by atoms with Crippen molar-refractivity contribution in [1.29, 1.82) is 0 Å². The molecular weight excluding hydrogens is 304 g/mol. The predicted octanol–water partition coefficient (Wildman–Crippen LogP) is 0.523. The lowest BCUT2D eigenvalue weighted by Gasteiger charge is -2.42. The smallest absolute Gasteiger partial charge is 0.242 e. The first-order chi connectivity index (χ1) is 10.2. The van der Waals surface area contributed by atoms with Gasteiger partial charge in [0.15, 0.2) is 0 Å². The van der Waals surface area contributed by atoms with Crippen LogP contribution in [0.1, 0.15) is 33.1 Å². The summed E-state index contributed by atoms with van der Waals surface area (Å²) in [5.74, 6) is 0.101. The molecule has 0 bridgehead atoms. The molecule has 0 aliphatic carbocycles. The van der Waals surface area contributed by atoms with Crippen LogP contribution in [0.25, 0.3) is 0 Å². The van der Waals surface area contributed by atoms with Crippen molar-refractivity contribution < 1.29 is 17.9 Å². The number of hydrogen-bond acceptors (Lipinski definition) is 5. The van der Waals surface area contributed by atoms with Crippen LogP contribution < -0.4 is 0 Å². The molecule has 0 spiro atoms. The second-order valence-electron chi connectivity index (χ2n) is 6.83. The third-order valence-electron chi connectivity index (χ3n) is 4.89. The minimum Gasteiger partial charge on any atom is -0.379 e. The second kappa shape index (κ2) is 6.84. The number of hydrogen-bond donors (Lipinski definition) is 0. The van der Waals surface area contributed by atoms with E-state index in [0.717, 1.165) is 19.5 Å². The van der Waals surface area contributed by atoms with Crippen LogP contribution in [0.3, 0.4) is 0 Å². The minimum absolute atomic E-state index is 0.101. The van der Waals surface area contributed by atoms with Gasteiger partial charge in [-0.15, -0.1) is 0 Å². The summed E-state index contributed by atoms with van der Waals surface area (Å²) in [6.45, 7) is 7.94. The Hall–Kier alpha value is -0.660. The zero-order valence-corrected chi connectivity index (χ0v) is 14.7. The first kappa shape index (κ1) is 17.7. The number of nitrogens with zero attached hydrogens (tertiary/aromatic N) is 2. The SMILES string of the molecule is CC(C)(C(=O)N1CCCC(S(C)(=O)=O)CC1)N1CCOCC1. The average molecular weight is 332 g/mol. The van der Waals surface area contributed by atoms with Gasteiger partial charge < -0.3 is 9.64 Å². The Labute approximate surface area is 133 Å². The molecule has 22 heavy (non-hydrogen) atoms. The van der Waals surface area contributed by atoms with Gasteiger partial charge in [-0.1, -0.05) is 0 Å². The topological polar surface area (TPSA) is 66.9 Å². The third kappa shape index (κ3) is 4.00. The maximum absolute atomic E-state index is 12.9. The summed E-state index contributed by atoms with van der Waals surface area (Å²) in [5, 5.41) is -0.309. The van der Waals surface area contributed by atoms with E-state index in [1.165, 1.54) is 6.26 Å². The fourth-order valence-electron chi connectivity index (χ4n) is 3.34. The lowest BCUT2D eigenvalue weighted by atomic mass is 9.99. The van der Waals surface area contributed by atoms with Crippen LogP contribution in [0.2, 0.25) is 0 Å². The Morgan fingerprint density at radius 2 is 1.73 bits per heavy atom. The molecule has 1 atom stereocenters. The average Bonchev–Trinajstić information content (AvgIpc) is 2.73. The number of carbonyl (C=O) groups is 1. The molecule has 2 fully saturated rings. The predicted molar refractivity (Wildman–Crippen MR) is 85.5 cm³/mol. The van der Waals surface area contributed by atoms with Crippen molar-refractivity contribution in [2.24, 2.45) is 0 Å². The lowest BCUT2D eigenvalue weighted by molar-refractivity contribution is -0.145. The van der Waals surface area contributed by atoms with E-state index in [2.05, 4.69) is 4.90 Å². The quantitative estimate of drug-likeness (QED) is 0.754. The van der Waals surface area contributed by atoms with Crippen LogP contribution >= 0.6 is 0 Å². The van der Waals surface area contributed by atoms with Gasteiger partial charge in [-0.05, 0) is 33.1 Å². The lowest BCUT2D eigenvalue weighted by Crippen LogP contribution is -2.59. The number of carbonyl (C=O) groups excluding carboxylic acids is 1. The molecule has 1 unspecified atom stereocenters. The molecule has 0 saturated carbocycles. The summed E-state index contributed by atoms with van der Waals surface area (Å²) >= 11 is 0. The molecule has 0 aromatic heterocycles. The molecule has 2 aliphatic heterocycles. The molecule has 0 radical (unpaired) electrons. The molecule has 0 aromatic rings. The van der Waals surface area contributed by atoms with E-state index in [1.54, 1.807) is 0 Å². The zero-order valence-electron chi connectivity index (χ0n) is 13.9. The zero-order chi connectivity index (χ0) is 16.4. The van der Waals surface area contributed by atoms with E-state index in [0.29, 0.717) is 39.1 Å². The molecular formula is C15H28N2O4S. The van der Waals surface area contributed by atoms with Crippen molar-refractivity contribution in [3.05, 3.63) is 0 Å². The fraction of sp³-hybridized carbons (Fsp3) is 0.933. The summed E-state index contributed by atoms with van der Waals surface area (Å²) in [5.41, 5.74) is -0.561. The molecule has 2 heterocycles. The van der Waals surface area contributed by atoms with Crippen LogP contribution in [0, 0.1) is 0 Å². The third-order valence-corrected chi connectivity index (χ3v) is 6.58. The van der Waals surface area contributed by atoms with E-state index >= 15 is 0 Å². The van der Waals surface area contributed by atoms with Crippen molar-refractivity contribution in [3.8, 4) is 0 Å². The van der Waals surface area contributed by atoms with Crippen LogP contribution in [-0.2, 0) is 19.4 Å². The summed E-state index contributed by atoms with van der Waals surface area (Å²) in [7, 11) is -3.02. The van der Waals surface area contributed by atoms with Gasteiger partial charge >= 0.3 is 0 Å². The highest BCUT2D eigenvalue weighted by molar-refractivity contribution is 7.91. The number of likely N-dealkylation sites (tertiary alicyclic amines) is 1. The van der Waals surface area contributed by atoms with Crippen molar-refractivity contribution in [2.45, 2.75) is 43.9 Å². The van der Waals surface area contributed by atoms with E-state index < -0.39 is 15.4 Å². The number of ether oxygens (including phenoxy) is 1. The van der Waals surface area contributed by atoms with Gasteiger partial charge in [0.2, 0.25) is 5.91 Å². The van der Waals surface area contributed by atoms with Crippen molar-refractivity contribution >= 4 is 15.7 Å².